The Morgan fingerprint density at radius 3 is 2.68 bits per heavy atom. The van der Waals surface area contributed by atoms with Crippen molar-refractivity contribution in [3.05, 3.63) is 60.1 Å². The Balaban J connectivity index is 2.00. The lowest BCUT2D eigenvalue weighted by Gasteiger charge is -2.10. The predicted octanol–water partition coefficient (Wildman–Crippen LogP) is 5.57. The largest absolute Gasteiger partial charge is 0.496 e. The molecule has 0 saturated heterocycles. The van der Waals surface area contributed by atoms with Gasteiger partial charge in [0.05, 0.1) is 13.4 Å². The first kappa shape index (κ1) is 19.7. The fourth-order valence-corrected chi connectivity index (χ4v) is 3.10. The Bertz CT molecular complexity index is 1000. The number of ether oxygens (including phenoxy) is 1. The minimum absolute atomic E-state index is 0.126. The first-order chi connectivity index (χ1) is 13.5. The third-order valence-corrected chi connectivity index (χ3v) is 4.65. The molecule has 0 unspecified atom stereocenters. The van der Waals surface area contributed by atoms with Gasteiger partial charge in [-0.1, -0.05) is 25.5 Å². The Hall–Kier alpha value is -3.08. The van der Waals surface area contributed by atoms with Crippen LogP contribution in [0.5, 0.6) is 5.75 Å². The summed E-state index contributed by atoms with van der Waals surface area (Å²) >= 11 is 0. The van der Waals surface area contributed by atoms with Crippen molar-refractivity contribution in [1.29, 1.82) is 0 Å². The lowest BCUT2D eigenvalue weighted by molar-refractivity contribution is -0.116. The maximum absolute atomic E-state index is 13.3. The number of carbonyl (C=O) groups is 1. The molecule has 0 bridgehead atoms. The molecular formula is C23H24FNO3. The second-order valence-electron chi connectivity index (χ2n) is 6.68. The van der Waals surface area contributed by atoms with E-state index in [9.17, 15) is 9.18 Å². The average molecular weight is 381 g/mol. The summed E-state index contributed by atoms with van der Waals surface area (Å²) in [6, 6.07) is 10.0. The Morgan fingerprint density at radius 2 is 2.00 bits per heavy atom. The molecule has 0 fully saturated rings. The van der Waals surface area contributed by atoms with E-state index in [0.29, 0.717) is 17.9 Å². The van der Waals surface area contributed by atoms with E-state index < -0.39 is 0 Å². The quantitative estimate of drug-likeness (QED) is 0.430. The number of rotatable bonds is 7. The van der Waals surface area contributed by atoms with Crippen LogP contribution in [0.15, 0.2) is 53.2 Å². The predicted molar refractivity (Wildman–Crippen MR) is 110 cm³/mol. The highest BCUT2D eigenvalue weighted by atomic mass is 19.1. The van der Waals surface area contributed by atoms with Crippen molar-refractivity contribution in [2.45, 2.75) is 26.7 Å². The van der Waals surface area contributed by atoms with Crippen molar-refractivity contribution in [2.24, 2.45) is 0 Å². The van der Waals surface area contributed by atoms with Gasteiger partial charge in [0.15, 0.2) is 0 Å². The summed E-state index contributed by atoms with van der Waals surface area (Å²) in [5, 5.41) is 3.76. The summed E-state index contributed by atoms with van der Waals surface area (Å²) in [6.07, 6.45) is 5.21. The number of nitrogens with one attached hydrogen (secondary N) is 1. The molecule has 0 atom stereocenters. The van der Waals surface area contributed by atoms with Crippen molar-refractivity contribution in [3.63, 3.8) is 0 Å². The topological polar surface area (TPSA) is 51.5 Å². The monoisotopic (exact) mass is 381 g/mol. The van der Waals surface area contributed by atoms with Gasteiger partial charge in [0, 0.05) is 35.2 Å². The SMILES string of the molecule is CCCCNC(=O)/C=C(\C)c1cc2c(-c3ccc(F)cc3)coc2cc1OC. The molecule has 0 aliphatic heterocycles. The molecule has 1 aromatic heterocycles. The van der Waals surface area contributed by atoms with E-state index in [0.717, 1.165) is 40.5 Å². The number of allylic oxidation sites excluding steroid dienone is 1. The van der Waals surface area contributed by atoms with Crippen LogP contribution in [0, 0.1) is 5.82 Å². The first-order valence-electron chi connectivity index (χ1n) is 9.35. The van der Waals surface area contributed by atoms with E-state index in [1.807, 2.05) is 19.1 Å². The number of benzene rings is 2. The zero-order valence-electron chi connectivity index (χ0n) is 16.3. The Kier molecular flexibility index (Phi) is 6.14. The molecule has 146 valence electrons. The van der Waals surface area contributed by atoms with Crippen molar-refractivity contribution in [2.75, 3.05) is 13.7 Å². The Morgan fingerprint density at radius 1 is 1.25 bits per heavy atom. The molecule has 0 radical (unpaired) electrons. The van der Waals surface area contributed by atoms with Gasteiger partial charge in [-0.25, -0.2) is 4.39 Å². The number of methoxy groups -OCH3 is 1. The standard InChI is InChI=1S/C23H24FNO3/c1-4-5-10-25-23(26)11-15(2)18-12-19-20(16-6-8-17(24)9-7-16)14-28-22(19)13-21(18)27-3/h6-9,11-14H,4-5,10H2,1-3H3,(H,25,26)/b15-11+. The van der Waals surface area contributed by atoms with Gasteiger partial charge in [0.2, 0.25) is 5.91 Å². The van der Waals surface area contributed by atoms with Crippen LogP contribution in [0.2, 0.25) is 0 Å². The van der Waals surface area contributed by atoms with Crippen molar-refractivity contribution >= 4 is 22.4 Å². The zero-order chi connectivity index (χ0) is 20.1. The summed E-state index contributed by atoms with van der Waals surface area (Å²) in [4.78, 5) is 12.2. The van der Waals surface area contributed by atoms with Gasteiger partial charge in [0.25, 0.3) is 0 Å². The van der Waals surface area contributed by atoms with Crippen molar-refractivity contribution < 1.29 is 18.3 Å². The number of fused-ring (bicyclic) bond motifs is 1. The minimum Gasteiger partial charge on any atom is -0.496 e. The zero-order valence-corrected chi connectivity index (χ0v) is 16.3. The number of halogens is 1. The van der Waals surface area contributed by atoms with Crippen molar-refractivity contribution in [1.82, 2.24) is 5.32 Å². The summed E-state index contributed by atoms with van der Waals surface area (Å²) in [5.41, 5.74) is 3.99. The van der Waals surface area contributed by atoms with Gasteiger partial charge >= 0.3 is 0 Å². The summed E-state index contributed by atoms with van der Waals surface area (Å²) in [6.45, 7) is 4.61. The van der Waals surface area contributed by atoms with Gasteiger partial charge in [-0.05, 0) is 42.7 Å². The summed E-state index contributed by atoms with van der Waals surface area (Å²) < 4.78 is 24.4. The van der Waals surface area contributed by atoms with Crippen LogP contribution in [0.25, 0.3) is 27.7 Å². The van der Waals surface area contributed by atoms with E-state index in [1.54, 1.807) is 31.6 Å². The van der Waals surface area contributed by atoms with Crippen LogP contribution in [0.3, 0.4) is 0 Å². The lowest BCUT2D eigenvalue weighted by Crippen LogP contribution is -2.22. The number of carbonyl (C=O) groups excluding carboxylic acids is 1. The molecule has 3 aromatic rings. The molecular weight excluding hydrogens is 357 g/mol. The first-order valence-corrected chi connectivity index (χ1v) is 9.35. The second-order valence-corrected chi connectivity index (χ2v) is 6.68. The molecule has 3 rings (SSSR count). The highest BCUT2D eigenvalue weighted by Crippen LogP contribution is 2.37. The molecule has 1 amide bonds. The van der Waals surface area contributed by atoms with E-state index >= 15 is 0 Å². The van der Waals surface area contributed by atoms with Crippen LogP contribution >= 0.6 is 0 Å². The van der Waals surface area contributed by atoms with Crippen LogP contribution in [-0.4, -0.2) is 19.6 Å². The second kappa shape index (κ2) is 8.74. The summed E-state index contributed by atoms with van der Waals surface area (Å²) in [5.74, 6) is 0.216. The van der Waals surface area contributed by atoms with Crippen LogP contribution < -0.4 is 10.1 Å². The molecule has 28 heavy (non-hydrogen) atoms. The maximum atomic E-state index is 13.3. The fourth-order valence-electron chi connectivity index (χ4n) is 3.10. The van der Waals surface area contributed by atoms with Gasteiger partial charge in [-0.3, -0.25) is 4.79 Å². The van der Waals surface area contributed by atoms with Gasteiger partial charge < -0.3 is 14.5 Å². The van der Waals surface area contributed by atoms with Gasteiger partial charge in [-0.15, -0.1) is 0 Å². The number of furan rings is 1. The van der Waals surface area contributed by atoms with Crippen LogP contribution in [-0.2, 0) is 4.79 Å². The highest BCUT2D eigenvalue weighted by Gasteiger charge is 2.15. The van der Waals surface area contributed by atoms with Crippen LogP contribution in [0.1, 0.15) is 32.3 Å². The number of unbranched alkanes of at least 4 members (excludes halogenated alkanes) is 1. The van der Waals surface area contributed by atoms with Crippen LogP contribution in [0.4, 0.5) is 4.39 Å². The number of amides is 1. The molecule has 2 aromatic carbocycles. The van der Waals surface area contributed by atoms with Gasteiger partial charge in [0.1, 0.15) is 17.1 Å². The average Bonchev–Trinajstić information content (AvgIpc) is 3.10. The van der Waals surface area contributed by atoms with Crippen molar-refractivity contribution in [3.8, 4) is 16.9 Å². The molecule has 1 heterocycles. The third kappa shape index (κ3) is 4.25. The molecule has 0 spiro atoms. The molecule has 4 nitrogen and oxygen atoms in total. The highest BCUT2D eigenvalue weighted by molar-refractivity contribution is 6.00. The Labute approximate surface area is 164 Å². The molecule has 0 aliphatic carbocycles. The molecule has 0 saturated carbocycles. The number of hydrogen-bond acceptors (Lipinski definition) is 3. The van der Waals surface area contributed by atoms with E-state index in [4.69, 9.17) is 9.15 Å². The van der Waals surface area contributed by atoms with E-state index in [2.05, 4.69) is 12.2 Å². The molecule has 1 N–H and O–H groups in total. The van der Waals surface area contributed by atoms with Gasteiger partial charge in [-0.2, -0.15) is 0 Å². The smallest absolute Gasteiger partial charge is 0.244 e. The van der Waals surface area contributed by atoms with E-state index in [1.165, 1.54) is 12.1 Å². The summed E-state index contributed by atoms with van der Waals surface area (Å²) in [7, 11) is 1.59. The normalized spacial score (nSPS) is 11.6. The maximum Gasteiger partial charge on any atom is 0.244 e. The molecule has 0 aliphatic rings. The molecule has 5 heteroatoms. The minimum atomic E-state index is -0.285. The lowest BCUT2D eigenvalue weighted by atomic mass is 9.99. The van der Waals surface area contributed by atoms with E-state index in [-0.39, 0.29) is 11.7 Å². The third-order valence-electron chi connectivity index (χ3n) is 4.65. The number of hydrogen-bond donors (Lipinski definition) is 1. The fraction of sp³-hybridized carbons (Fsp3) is 0.261.